The molecule has 3 aromatic rings. The summed E-state index contributed by atoms with van der Waals surface area (Å²) in [5, 5.41) is 1.33. The van der Waals surface area contributed by atoms with Crippen molar-refractivity contribution < 1.29 is 14.3 Å². The number of fused-ring (bicyclic) bond motifs is 1. The maximum atomic E-state index is 13.7. The number of nitrogens with zero attached hydrogens (tertiary/aromatic N) is 3. The Bertz CT molecular complexity index is 1020. The molecular formula is C24H28ClN3O3S. The lowest BCUT2D eigenvalue weighted by atomic mass is 10.1. The van der Waals surface area contributed by atoms with Crippen LogP contribution in [0.3, 0.4) is 0 Å². The zero-order chi connectivity index (χ0) is 22.6. The molecule has 0 spiro atoms. The summed E-state index contributed by atoms with van der Waals surface area (Å²) in [6.07, 6.45) is 0.846. The Morgan fingerprint density at radius 2 is 1.91 bits per heavy atom. The number of rotatable bonds is 8. The topological polar surface area (TPSA) is 54.9 Å². The molecule has 0 N–H and O–H groups in total. The Kier molecular flexibility index (Phi) is 7.30. The van der Waals surface area contributed by atoms with Crippen LogP contribution in [-0.4, -0.2) is 60.8 Å². The van der Waals surface area contributed by atoms with Crippen LogP contribution < -0.4 is 9.64 Å². The molecule has 1 aliphatic heterocycles. The lowest BCUT2D eigenvalue weighted by Gasteiger charge is -2.32. The second-order valence-corrected chi connectivity index (χ2v) is 9.74. The third-order valence-corrected chi connectivity index (χ3v) is 6.73. The summed E-state index contributed by atoms with van der Waals surface area (Å²) in [6.45, 7) is 8.48. The molecule has 4 rings (SSSR count). The van der Waals surface area contributed by atoms with Crippen LogP contribution in [0.2, 0.25) is 5.02 Å². The summed E-state index contributed by atoms with van der Waals surface area (Å²) in [7, 11) is 0. The highest BCUT2D eigenvalue weighted by atomic mass is 35.5. The number of thiazole rings is 1. The van der Waals surface area contributed by atoms with Gasteiger partial charge in [0.2, 0.25) is 0 Å². The third kappa shape index (κ3) is 5.59. The van der Waals surface area contributed by atoms with Crippen molar-refractivity contribution in [2.24, 2.45) is 0 Å². The molecule has 0 atom stereocenters. The van der Waals surface area contributed by atoms with Gasteiger partial charge in [-0.15, -0.1) is 0 Å². The van der Waals surface area contributed by atoms with E-state index in [0.29, 0.717) is 22.4 Å². The van der Waals surface area contributed by atoms with Gasteiger partial charge in [0.1, 0.15) is 5.75 Å². The molecule has 0 aliphatic carbocycles. The predicted octanol–water partition coefficient (Wildman–Crippen LogP) is 4.86. The fourth-order valence-electron chi connectivity index (χ4n) is 3.70. The van der Waals surface area contributed by atoms with Crippen LogP contribution in [0, 0.1) is 0 Å². The SMILES string of the molecule is CC(C)(Oc1ccc(Cl)cc1)C(=O)N(CCCN1CCOCC1)c1nc2ccccc2s1. The van der Waals surface area contributed by atoms with Gasteiger partial charge in [0.15, 0.2) is 10.7 Å². The second kappa shape index (κ2) is 10.2. The first-order valence-corrected chi connectivity index (χ1v) is 12.0. The van der Waals surface area contributed by atoms with E-state index in [0.717, 1.165) is 49.5 Å². The second-order valence-electron chi connectivity index (χ2n) is 8.29. The molecular weight excluding hydrogens is 446 g/mol. The van der Waals surface area contributed by atoms with Gasteiger partial charge in [0.05, 0.1) is 23.4 Å². The number of aromatic nitrogens is 1. The van der Waals surface area contributed by atoms with Crippen molar-refractivity contribution in [2.75, 3.05) is 44.3 Å². The summed E-state index contributed by atoms with van der Waals surface area (Å²) in [6, 6.07) is 15.0. The molecule has 2 aromatic carbocycles. The highest BCUT2D eigenvalue weighted by molar-refractivity contribution is 7.22. The molecule has 1 aliphatic rings. The van der Waals surface area contributed by atoms with Crippen molar-refractivity contribution in [1.82, 2.24) is 9.88 Å². The lowest BCUT2D eigenvalue weighted by Crippen LogP contribution is -2.50. The maximum absolute atomic E-state index is 13.7. The Morgan fingerprint density at radius 1 is 1.19 bits per heavy atom. The van der Waals surface area contributed by atoms with Crippen LogP contribution in [0.1, 0.15) is 20.3 Å². The molecule has 2 heterocycles. The van der Waals surface area contributed by atoms with Gasteiger partial charge in [-0.3, -0.25) is 14.6 Å². The van der Waals surface area contributed by atoms with Crippen molar-refractivity contribution in [3.05, 3.63) is 53.6 Å². The third-order valence-electron chi connectivity index (χ3n) is 5.42. The normalized spacial score (nSPS) is 15.1. The van der Waals surface area contributed by atoms with E-state index in [1.165, 1.54) is 11.3 Å². The van der Waals surface area contributed by atoms with Crippen molar-refractivity contribution in [3.63, 3.8) is 0 Å². The molecule has 1 amide bonds. The summed E-state index contributed by atoms with van der Waals surface area (Å²) in [5.41, 5.74) is -0.167. The summed E-state index contributed by atoms with van der Waals surface area (Å²) < 4.78 is 12.6. The van der Waals surface area contributed by atoms with Crippen molar-refractivity contribution in [1.29, 1.82) is 0 Å². The minimum absolute atomic E-state index is 0.117. The van der Waals surface area contributed by atoms with Crippen molar-refractivity contribution in [3.8, 4) is 5.75 Å². The minimum Gasteiger partial charge on any atom is -0.478 e. The zero-order valence-corrected chi connectivity index (χ0v) is 20.0. The predicted molar refractivity (Wildman–Crippen MR) is 130 cm³/mol. The van der Waals surface area contributed by atoms with Crippen LogP contribution >= 0.6 is 22.9 Å². The summed E-state index contributed by atoms with van der Waals surface area (Å²) in [4.78, 5) is 22.6. The van der Waals surface area contributed by atoms with Crippen LogP contribution in [-0.2, 0) is 9.53 Å². The molecule has 1 aromatic heterocycles. The van der Waals surface area contributed by atoms with Crippen LogP contribution in [0.5, 0.6) is 5.75 Å². The Labute approximate surface area is 197 Å². The minimum atomic E-state index is -1.06. The Morgan fingerprint density at radius 3 is 2.62 bits per heavy atom. The largest absolute Gasteiger partial charge is 0.478 e. The van der Waals surface area contributed by atoms with Gasteiger partial charge in [-0.2, -0.15) is 0 Å². The fraction of sp³-hybridized carbons (Fsp3) is 0.417. The molecule has 1 fully saturated rings. The average molecular weight is 474 g/mol. The van der Waals surface area contributed by atoms with Gasteiger partial charge < -0.3 is 9.47 Å². The Hall–Kier alpha value is -2.19. The van der Waals surface area contributed by atoms with Crippen LogP contribution in [0.25, 0.3) is 10.2 Å². The molecule has 0 saturated carbocycles. The van der Waals surface area contributed by atoms with Gasteiger partial charge in [-0.1, -0.05) is 35.1 Å². The van der Waals surface area contributed by atoms with E-state index in [9.17, 15) is 4.79 Å². The standard InChI is InChI=1S/C24H28ClN3O3S/c1-24(2,31-19-10-8-18(25)9-11-19)22(29)28(13-5-12-27-14-16-30-17-15-27)23-26-20-6-3-4-7-21(20)32-23/h3-4,6-11H,5,12-17H2,1-2H3. The molecule has 0 bridgehead atoms. The van der Waals surface area contributed by atoms with E-state index in [4.69, 9.17) is 26.1 Å². The van der Waals surface area contributed by atoms with Crippen LogP contribution in [0.15, 0.2) is 48.5 Å². The first kappa shape index (κ1) is 23.0. The van der Waals surface area contributed by atoms with Gasteiger partial charge in [-0.25, -0.2) is 4.98 Å². The number of hydrogen-bond acceptors (Lipinski definition) is 6. The monoisotopic (exact) mass is 473 g/mol. The number of carbonyl (C=O) groups excluding carboxylic acids is 1. The molecule has 8 heteroatoms. The van der Waals surface area contributed by atoms with E-state index in [-0.39, 0.29) is 5.91 Å². The highest BCUT2D eigenvalue weighted by Gasteiger charge is 2.36. The van der Waals surface area contributed by atoms with Gasteiger partial charge in [0.25, 0.3) is 5.91 Å². The first-order chi connectivity index (χ1) is 15.4. The van der Waals surface area contributed by atoms with Gasteiger partial charge in [0, 0.05) is 31.2 Å². The van der Waals surface area contributed by atoms with Gasteiger partial charge >= 0.3 is 0 Å². The number of ether oxygens (including phenoxy) is 2. The number of amides is 1. The molecule has 0 radical (unpaired) electrons. The van der Waals surface area contributed by atoms with Gasteiger partial charge in [-0.05, 0) is 56.7 Å². The number of halogens is 1. The number of anilines is 1. The molecule has 1 saturated heterocycles. The molecule has 170 valence electrons. The first-order valence-electron chi connectivity index (χ1n) is 10.8. The molecule has 6 nitrogen and oxygen atoms in total. The summed E-state index contributed by atoms with van der Waals surface area (Å²) >= 11 is 7.52. The summed E-state index contributed by atoms with van der Waals surface area (Å²) in [5.74, 6) is 0.485. The fourth-order valence-corrected chi connectivity index (χ4v) is 4.82. The molecule has 32 heavy (non-hydrogen) atoms. The van der Waals surface area contributed by atoms with E-state index in [1.807, 2.05) is 24.3 Å². The highest BCUT2D eigenvalue weighted by Crippen LogP contribution is 2.31. The lowest BCUT2D eigenvalue weighted by molar-refractivity contribution is -0.131. The van der Waals surface area contributed by atoms with E-state index >= 15 is 0 Å². The smallest absolute Gasteiger partial charge is 0.272 e. The Balaban J connectivity index is 1.53. The van der Waals surface area contributed by atoms with Crippen molar-refractivity contribution >= 4 is 44.2 Å². The molecule has 0 unspecified atom stereocenters. The van der Waals surface area contributed by atoms with Crippen LogP contribution in [0.4, 0.5) is 5.13 Å². The number of hydrogen-bond donors (Lipinski definition) is 0. The maximum Gasteiger partial charge on any atom is 0.272 e. The van der Waals surface area contributed by atoms with E-state index in [2.05, 4.69) is 4.90 Å². The average Bonchev–Trinajstić information content (AvgIpc) is 3.22. The number of carbonyl (C=O) groups is 1. The van der Waals surface area contributed by atoms with E-state index in [1.54, 1.807) is 43.0 Å². The number of morpholine rings is 1. The number of benzene rings is 2. The quantitative estimate of drug-likeness (QED) is 0.467. The van der Waals surface area contributed by atoms with E-state index < -0.39 is 5.60 Å². The van der Waals surface area contributed by atoms with Crippen molar-refractivity contribution in [2.45, 2.75) is 25.9 Å². The zero-order valence-electron chi connectivity index (χ0n) is 18.4. The number of para-hydroxylation sites is 1.